The average Bonchev–Trinajstić information content (AvgIpc) is 2.47. The molecule has 5 nitrogen and oxygen atoms in total. The van der Waals surface area contributed by atoms with Crippen LogP contribution < -0.4 is 4.83 Å². The van der Waals surface area contributed by atoms with Crippen LogP contribution in [0.4, 0.5) is 0 Å². The second-order valence-electron chi connectivity index (χ2n) is 2.98. The zero-order valence-corrected chi connectivity index (χ0v) is 8.32. The highest BCUT2D eigenvalue weighted by molar-refractivity contribution is 7.91. The monoisotopic (exact) mass is 211 g/mol. The summed E-state index contributed by atoms with van der Waals surface area (Å²) in [6, 6.07) is 7.35. The van der Waals surface area contributed by atoms with E-state index in [9.17, 15) is 8.42 Å². The van der Waals surface area contributed by atoms with Gasteiger partial charge >= 0.3 is 0 Å². The van der Waals surface area contributed by atoms with E-state index in [4.69, 9.17) is 0 Å². The molecule has 1 aromatic heterocycles. The quantitative estimate of drug-likeness (QED) is 0.788. The SMILES string of the molecule is CS(=O)(=O)Nn1ncc2ccccc21. The molecule has 0 aliphatic rings. The Balaban J connectivity index is 2.54. The highest BCUT2D eigenvalue weighted by Gasteiger charge is 2.05. The Labute approximate surface area is 81.4 Å². The Morgan fingerprint density at radius 2 is 2.07 bits per heavy atom. The average molecular weight is 211 g/mol. The van der Waals surface area contributed by atoms with Gasteiger partial charge in [0.2, 0.25) is 10.0 Å². The summed E-state index contributed by atoms with van der Waals surface area (Å²) in [5.74, 6) is 0. The van der Waals surface area contributed by atoms with Crippen LogP contribution in [0.25, 0.3) is 10.9 Å². The predicted molar refractivity (Wildman–Crippen MR) is 53.9 cm³/mol. The van der Waals surface area contributed by atoms with Crippen LogP contribution in [0.2, 0.25) is 0 Å². The molecule has 0 amide bonds. The van der Waals surface area contributed by atoms with Gasteiger partial charge in [-0.05, 0) is 6.07 Å². The van der Waals surface area contributed by atoms with Gasteiger partial charge in [0.05, 0.1) is 18.0 Å². The summed E-state index contributed by atoms with van der Waals surface area (Å²) in [7, 11) is -3.29. The fraction of sp³-hybridized carbons (Fsp3) is 0.125. The van der Waals surface area contributed by atoms with Crippen LogP contribution in [0.1, 0.15) is 0 Å². The maximum absolute atomic E-state index is 11.0. The van der Waals surface area contributed by atoms with Crippen molar-refractivity contribution in [2.24, 2.45) is 0 Å². The van der Waals surface area contributed by atoms with E-state index in [2.05, 4.69) is 9.93 Å². The lowest BCUT2D eigenvalue weighted by Crippen LogP contribution is -2.22. The Hall–Kier alpha value is -1.56. The van der Waals surface area contributed by atoms with Gasteiger partial charge in [-0.15, -0.1) is 0 Å². The highest BCUT2D eigenvalue weighted by atomic mass is 32.2. The van der Waals surface area contributed by atoms with Gasteiger partial charge in [-0.2, -0.15) is 9.89 Å². The summed E-state index contributed by atoms with van der Waals surface area (Å²) >= 11 is 0. The maximum atomic E-state index is 11.0. The summed E-state index contributed by atoms with van der Waals surface area (Å²) in [6.07, 6.45) is 2.69. The number of benzene rings is 1. The second kappa shape index (κ2) is 2.98. The van der Waals surface area contributed by atoms with Crippen molar-refractivity contribution in [2.75, 3.05) is 11.1 Å². The van der Waals surface area contributed by atoms with Crippen molar-refractivity contribution in [3.05, 3.63) is 30.5 Å². The Bertz CT molecular complexity index is 559. The molecule has 2 rings (SSSR count). The number of hydrogen-bond donors (Lipinski definition) is 1. The zero-order valence-electron chi connectivity index (χ0n) is 7.51. The van der Waals surface area contributed by atoms with Crippen LogP contribution in [-0.2, 0) is 10.0 Å². The van der Waals surface area contributed by atoms with Gasteiger partial charge < -0.3 is 0 Å². The number of sulfonamides is 1. The fourth-order valence-electron chi connectivity index (χ4n) is 1.20. The molecule has 0 unspecified atom stereocenters. The number of nitrogens with one attached hydrogen (secondary N) is 1. The van der Waals surface area contributed by atoms with Crippen LogP contribution in [0.3, 0.4) is 0 Å². The molecule has 1 aromatic carbocycles. The summed E-state index contributed by atoms with van der Waals surface area (Å²) in [4.78, 5) is 3.52. The van der Waals surface area contributed by atoms with Crippen molar-refractivity contribution in [2.45, 2.75) is 0 Å². The molecule has 6 heteroatoms. The molecule has 0 aliphatic carbocycles. The normalized spacial score (nSPS) is 11.8. The Morgan fingerprint density at radius 3 is 2.79 bits per heavy atom. The zero-order chi connectivity index (χ0) is 10.2. The van der Waals surface area contributed by atoms with E-state index < -0.39 is 10.0 Å². The smallest absolute Gasteiger partial charge is 0.206 e. The van der Waals surface area contributed by atoms with E-state index in [0.29, 0.717) is 0 Å². The van der Waals surface area contributed by atoms with Crippen LogP contribution in [0.5, 0.6) is 0 Å². The van der Waals surface area contributed by atoms with Crippen LogP contribution in [0.15, 0.2) is 30.5 Å². The first kappa shape index (κ1) is 9.01. The third kappa shape index (κ3) is 1.69. The molecule has 2 aromatic rings. The van der Waals surface area contributed by atoms with E-state index in [0.717, 1.165) is 17.2 Å². The number of rotatable bonds is 2. The van der Waals surface area contributed by atoms with Gasteiger partial charge in [0.25, 0.3) is 0 Å². The van der Waals surface area contributed by atoms with E-state index >= 15 is 0 Å². The molecule has 0 fully saturated rings. The molecule has 1 heterocycles. The van der Waals surface area contributed by atoms with Crippen molar-refractivity contribution in [1.29, 1.82) is 0 Å². The van der Waals surface area contributed by atoms with E-state index in [1.165, 1.54) is 4.79 Å². The molecule has 0 saturated carbocycles. The topological polar surface area (TPSA) is 64.0 Å². The minimum absolute atomic E-state index is 0.734. The third-order valence-corrected chi connectivity index (χ3v) is 2.23. The summed E-state index contributed by atoms with van der Waals surface area (Å²) in [5.41, 5.74) is 0.734. The molecule has 14 heavy (non-hydrogen) atoms. The fourth-order valence-corrected chi connectivity index (χ4v) is 1.66. The van der Waals surface area contributed by atoms with Crippen LogP contribution in [0, 0.1) is 0 Å². The predicted octanol–water partition coefficient (Wildman–Crippen LogP) is 0.539. The first-order chi connectivity index (χ1) is 6.56. The van der Waals surface area contributed by atoms with Gasteiger partial charge in [-0.25, -0.2) is 13.2 Å². The standard InChI is InChI=1S/C8H9N3O2S/c1-14(12,13)10-11-8-5-3-2-4-7(8)6-9-11/h2-6,10H,1H3. The van der Waals surface area contributed by atoms with Gasteiger partial charge in [0.15, 0.2) is 0 Å². The summed E-state index contributed by atoms with van der Waals surface area (Å²) < 4.78 is 21.9. The molecule has 0 aliphatic heterocycles. The first-order valence-electron chi connectivity index (χ1n) is 3.97. The molecule has 0 radical (unpaired) electrons. The second-order valence-corrected chi connectivity index (χ2v) is 4.71. The number of fused-ring (bicyclic) bond motifs is 1. The number of hydrogen-bond acceptors (Lipinski definition) is 3. The van der Waals surface area contributed by atoms with Crippen molar-refractivity contribution in [3.63, 3.8) is 0 Å². The minimum atomic E-state index is -3.29. The number of para-hydroxylation sites is 1. The van der Waals surface area contributed by atoms with Crippen LogP contribution >= 0.6 is 0 Å². The van der Waals surface area contributed by atoms with E-state index in [-0.39, 0.29) is 0 Å². The lowest BCUT2D eigenvalue weighted by atomic mass is 10.3. The molecule has 0 spiro atoms. The molecular weight excluding hydrogens is 202 g/mol. The molecule has 0 atom stereocenters. The van der Waals surface area contributed by atoms with E-state index in [1.807, 2.05) is 18.2 Å². The minimum Gasteiger partial charge on any atom is -0.206 e. The van der Waals surface area contributed by atoms with Gasteiger partial charge in [-0.1, -0.05) is 18.2 Å². The summed E-state index contributed by atoms with van der Waals surface area (Å²) in [6.45, 7) is 0. The van der Waals surface area contributed by atoms with Crippen molar-refractivity contribution in [1.82, 2.24) is 9.89 Å². The van der Waals surface area contributed by atoms with Crippen LogP contribution in [-0.4, -0.2) is 24.6 Å². The van der Waals surface area contributed by atoms with Gasteiger partial charge in [0.1, 0.15) is 0 Å². The lowest BCUT2D eigenvalue weighted by Gasteiger charge is -2.03. The maximum Gasteiger partial charge on any atom is 0.244 e. The lowest BCUT2D eigenvalue weighted by molar-refractivity contribution is 0.598. The van der Waals surface area contributed by atoms with E-state index in [1.54, 1.807) is 12.3 Å². The molecule has 74 valence electrons. The molecule has 0 bridgehead atoms. The van der Waals surface area contributed by atoms with Crippen molar-refractivity contribution in [3.8, 4) is 0 Å². The number of aromatic nitrogens is 2. The summed E-state index contributed by atoms with van der Waals surface area (Å²) in [5, 5.41) is 4.80. The molecular formula is C8H9N3O2S. The highest BCUT2D eigenvalue weighted by Crippen LogP contribution is 2.11. The first-order valence-corrected chi connectivity index (χ1v) is 5.86. The molecule has 0 saturated heterocycles. The van der Waals surface area contributed by atoms with Gasteiger partial charge in [-0.3, -0.25) is 0 Å². The van der Waals surface area contributed by atoms with Gasteiger partial charge in [0, 0.05) is 5.39 Å². The third-order valence-electron chi connectivity index (χ3n) is 1.73. The number of nitrogens with zero attached hydrogens (tertiary/aromatic N) is 2. The molecule has 1 N–H and O–H groups in total. The van der Waals surface area contributed by atoms with Crippen molar-refractivity contribution >= 4 is 20.9 Å². The largest absolute Gasteiger partial charge is 0.244 e. The Morgan fingerprint density at radius 1 is 1.36 bits per heavy atom. The Kier molecular flexibility index (Phi) is 1.92. The van der Waals surface area contributed by atoms with Crippen molar-refractivity contribution < 1.29 is 8.42 Å².